The Morgan fingerprint density at radius 3 is 2.52 bits per heavy atom. The first kappa shape index (κ1) is 16.0. The first-order chi connectivity index (χ1) is 10.9. The van der Waals surface area contributed by atoms with E-state index in [2.05, 4.69) is 19.7 Å². The number of aromatic amines is 1. The van der Waals surface area contributed by atoms with Gasteiger partial charge >= 0.3 is 0 Å². The number of Topliss-reactive ketones (excluding diaryl/α,β-unsaturated/α-hetero) is 2. The van der Waals surface area contributed by atoms with E-state index in [1.807, 2.05) is 20.8 Å². The Morgan fingerprint density at radius 2 is 1.96 bits per heavy atom. The van der Waals surface area contributed by atoms with E-state index in [1.165, 1.54) is 18.7 Å². The molecule has 0 spiro atoms. The van der Waals surface area contributed by atoms with Crippen molar-refractivity contribution in [2.45, 2.75) is 51.7 Å². The molecule has 0 unspecified atom stereocenters. The highest BCUT2D eigenvalue weighted by atomic mass is 32.2. The number of hydrogen-bond donors (Lipinski definition) is 1. The molecule has 1 aliphatic carbocycles. The Labute approximate surface area is 139 Å². The second-order valence-corrected chi connectivity index (χ2v) is 6.97. The summed E-state index contributed by atoms with van der Waals surface area (Å²) in [7, 11) is 0. The summed E-state index contributed by atoms with van der Waals surface area (Å²) in [6.45, 7) is 7.09. The highest BCUT2D eigenvalue weighted by Crippen LogP contribution is 2.38. The fourth-order valence-electron chi connectivity index (χ4n) is 2.96. The molecule has 2 heterocycles. The van der Waals surface area contributed by atoms with Crippen LogP contribution in [0.5, 0.6) is 0 Å². The van der Waals surface area contributed by atoms with Crippen molar-refractivity contribution >= 4 is 23.3 Å². The number of aromatic nitrogens is 4. The third kappa shape index (κ3) is 2.97. The van der Waals surface area contributed by atoms with E-state index in [0.29, 0.717) is 17.3 Å². The van der Waals surface area contributed by atoms with E-state index in [1.54, 1.807) is 0 Å². The number of hydrogen-bond acceptors (Lipinski definition) is 5. The number of ketones is 2. The van der Waals surface area contributed by atoms with Crippen molar-refractivity contribution in [1.82, 2.24) is 19.7 Å². The highest BCUT2D eigenvalue weighted by molar-refractivity contribution is 7.99. The second-order valence-electron chi connectivity index (χ2n) is 6.02. The first-order valence-corrected chi connectivity index (χ1v) is 8.66. The number of aryl methyl sites for hydroxylation is 2. The quantitative estimate of drug-likeness (QED) is 0.649. The summed E-state index contributed by atoms with van der Waals surface area (Å²) in [5.74, 6) is 1.13. The molecule has 0 saturated heterocycles. The molecule has 6 nitrogen and oxygen atoms in total. The normalized spacial score (nSPS) is 14.3. The summed E-state index contributed by atoms with van der Waals surface area (Å²) in [6.07, 6.45) is 2.30. The third-order valence-corrected chi connectivity index (χ3v) is 5.09. The smallest absolute Gasteiger partial charge is 0.191 e. The van der Waals surface area contributed by atoms with Crippen molar-refractivity contribution in [3.8, 4) is 0 Å². The van der Waals surface area contributed by atoms with E-state index in [0.717, 1.165) is 35.1 Å². The number of rotatable bonds is 6. The Hall–Kier alpha value is -1.89. The van der Waals surface area contributed by atoms with Crippen LogP contribution in [0, 0.1) is 20.8 Å². The maximum Gasteiger partial charge on any atom is 0.191 e. The van der Waals surface area contributed by atoms with Crippen LogP contribution >= 0.6 is 11.8 Å². The van der Waals surface area contributed by atoms with E-state index in [9.17, 15) is 9.59 Å². The van der Waals surface area contributed by atoms with Crippen LogP contribution in [-0.4, -0.2) is 37.1 Å². The van der Waals surface area contributed by atoms with Crippen molar-refractivity contribution in [2.24, 2.45) is 0 Å². The molecule has 0 aliphatic heterocycles. The highest BCUT2D eigenvalue weighted by Gasteiger charge is 2.29. The summed E-state index contributed by atoms with van der Waals surface area (Å²) in [5, 5.41) is 9.09. The lowest BCUT2D eigenvalue weighted by atomic mass is 10.1. The van der Waals surface area contributed by atoms with Gasteiger partial charge in [0.2, 0.25) is 0 Å². The molecule has 0 radical (unpaired) electrons. The van der Waals surface area contributed by atoms with Crippen LogP contribution in [0.1, 0.15) is 63.7 Å². The topological polar surface area (TPSA) is 80.6 Å². The first-order valence-electron chi connectivity index (χ1n) is 7.67. The van der Waals surface area contributed by atoms with Crippen molar-refractivity contribution in [1.29, 1.82) is 0 Å². The predicted octanol–water partition coefficient (Wildman–Crippen LogP) is 3.04. The van der Waals surface area contributed by atoms with Gasteiger partial charge in [-0.3, -0.25) is 9.59 Å². The van der Waals surface area contributed by atoms with Crippen LogP contribution in [0.25, 0.3) is 0 Å². The standard InChI is InChI=1S/C16H20N4O2S/c1-8-14(10(3)21)9(2)17-15(8)13(22)7-23-16-19-18-11(4)20(16)12-5-6-12/h12,17H,5-7H2,1-4H3. The molecule has 0 bridgehead atoms. The molecule has 0 atom stereocenters. The van der Waals surface area contributed by atoms with Gasteiger partial charge in [0, 0.05) is 17.3 Å². The van der Waals surface area contributed by atoms with Crippen LogP contribution in [-0.2, 0) is 0 Å². The fourth-order valence-corrected chi connectivity index (χ4v) is 3.88. The summed E-state index contributed by atoms with van der Waals surface area (Å²) in [4.78, 5) is 27.2. The molecule has 0 aromatic carbocycles. The minimum atomic E-state index is -0.0221. The van der Waals surface area contributed by atoms with Crippen molar-refractivity contribution < 1.29 is 9.59 Å². The molecule has 2 aromatic heterocycles. The number of carbonyl (C=O) groups excluding carboxylic acids is 2. The average Bonchev–Trinajstić information content (AvgIpc) is 3.18. The molecule has 1 aliphatic rings. The zero-order valence-electron chi connectivity index (χ0n) is 13.8. The Kier molecular flexibility index (Phi) is 4.14. The molecular formula is C16H20N4O2S. The molecule has 1 fully saturated rings. The largest absolute Gasteiger partial charge is 0.355 e. The molecule has 1 saturated carbocycles. The average molecular weight is 332 g/mol. The Balaban J connectivity index is 1.76. The van der Waals surface area contributed by atoms with Gasteiger partial charge in [0.25, 0.3) is 0 Å². The molecule has 1 N–H and O–H groups in total. The van der Waals surface area contributed by atoms with Crippen LogP contribution in [0.3, 0.4) is 0 Å². The van der Waals surface area contributed by atoms with E-state index < -0.39 is 0 Å². The summed E-state index contributed by atoms with van der Waals surface area (Å²) >= 11 is 1.41. The molecular weight excluding hydrogens is 312 g/mol. The van der Waals surface area contributed by atoms with Crippen molar-refractivity contribution in [3.05, 3.63) is 28.3 Å². The van der Waals surface area contributed by atoms with E-state index >= 15 is 0 Å². The van der Waals surface area contributed by atoms with Crippen LogP contribution in [0.15, 0.2) is 5.16 Å². The van der Waals surface area contributed by atoms with Crippen LogP contribution in [0.2, 0.25) is 0 Å². The van der Waals surface area contributed by atoms with Gasteiger partial charge in [0.1, 0.15) is 5.82 Å². The van der Waals surface area contributed by atoms with Gasteiger partial charge in [-0.05, 0) is 46.1 Å². The van der Waals surface area contributed by atoms with Crippen LogP contribution < -0.4 is 0 Å². The SMILES string of the molecule is CC(=O)c1c(C)[nH]c(C(=O)CSc2nnc(C)n2C2CC2)c1C. The number of nitrogens with one attached hydrogen (secondary N) is 1. The van der Waals surface area contributed by atoms with Gasteiger partial charge in [-0.2, -0.15) is 0 Å². The predicted molar refractivity (Wildman–Crippen MR) is 88.4 cm³/mol. The monoisotopic (exact) mass is 332 g/mol. The number of nitrogens with zero attached hydrogens (tertiary/aromatic N) is 3. The summed E-state index contributed by atoms with van der Waals surface area (Å²) in [6, 6.07) is 0.487. The zero-order chi connectivity index (χ0) is 16.7. The second kappa shape index (κ2) is 5.96. The molecule has 122 valence electrons. The van der Waals surface area contributed by atoms with Gasteiger partial charge in [-0.15, -0.1) is 10.2 Å². The maximum absolute atomic E-state index is 12.5. The van der Waals surface area contributed by atoms with Crippen LogP contribution in [0.4, 0.5) is 0 Å². The van der Waals surface area contributed by atoms with Crippen molar-refractivity contribution in [2.75, 3.05) is 5.75 Å². The lowest BCUT2D eigenvalue weighted by Gasteiger charge is -2.05. The summed E-state index contributed by atoms with van der Waals surface area (Å²) < 4.78 is 2.12. The van der Waals surface area contributed by atoms with Crippen molar-refractivity contribution in [3.63, 3.8) is 0 Å². The Bertz CT molecular complexity index is 786. The molecule has 0 amide bonds. The van der Waals surface area contributed by atoms with Gasteiger partial charge in [-0.25, -0.2) is 0 Å². The number of thioether (sulfide) groups is 1. The maximum atomic E-state index is 12.5. The van der Waals surface area contributed by atoms with E-state index in [-0.39, 0.29) is 17.3 Å². The molecule has 23 heavy (non-hydrogen) atoms. The van der Waals surface area contributed by atoms with Gasteiger partial charge in [0.15, 0.2) is 16.7 Å². The molecule has 7 heteroatoms. The molecule has 3 rings (SSSR count). The Morgan fingerprint density at radius 1 is 1.26 bits per heavy atom. The van der Waals surface area contributed by atoms with Gasteiger partial charge < -0.3 is 9.55 Å². The number of H-pyrrole nitrogens is 1. The molecule has 2 aromatic rings. The van der Waals surface area contributed by atoms with Gasteiger partial charge in [-0.1, -0.05) is 11.8 Å². The summed E-state index contributed by atoms with van der Waals surface area (Å²) in [5.41, 5.74) is 2.63. The minimum absolute atomic E-state index is 0.0212. The fraction of sp³-hybridized carbons (Fsp3) is 0.500. The lowest BCUT2D eigenvalue weighted by Crippen LogP contribution is -2.07. The minimum Gasteiger partial charge on any atom is -0.355 e. The van der Waals surface area contributed by atoms with E-state index in [4.69, 9.17) is 0 Å². The van der Waals surface area contributed by atoms with Gasteiger partial charge in [0.05, 0.1) is 11.4 Å². The zero-order valence-corrected chi connectivity index (χ0v) is 14.6. The lowest BCUT2D eigenvalue weighted by molar-refractivity contribution is 0.101. The number of carbonyl (C=O) groups is 2. The third-order valence-electron chi connectivity index (χ3n) is 4.15.